The van der Waals surface area contributed by atoms with Gasteiger partial charge in [-0.25, -0.2) is 9.78 Å². The van der Waals surface area contributed by atoms with Gasteiger partial charge >= 0.3 is 6.09 Å². The third kappa shape index (κ3) is 3.21. The van der Waals surface area contributed by atoms with E-state index in [1.54, 1.807) is 11.8 Å². The van der Waals surface area contributed by atoms with Gasteiger partial charge in [-0.3, -0.25) is 9.69 Å². The minimum atomic E-state index is -0.550. The highest BCUT2D eigenvalue weighted by molar-refractivity contribution is 5.93. The number of anilines is 1. The SMILES string of the molecule is CC(=O)Cc1ccc2c(c1)C1(CC1c1cn(C)cn1)CN2C(=O)OC(C)(C)C. The summed E-state index contributed by atoms with van der Waals surface area (Å²) in [5.74, 6) is 0.403. The number of amides is 1. The molecule has 0 saturated heterocycles. The van der Waals surface area contributed by atoms with Gasteiger partial charge in [0.2, 0.25) is 0 Å². The summed E-state index contributed by atoms with van der Waals surface area (Å²) in [6.07, 6.45) is 4.89. The summed E-state index contributed by atoms with van der Waals surface area (Å²) in [6.45, 7) is 7.82. The van der Waals surface area contributed by atoms with Crippen LogP contribution in [0.5, 0.6) is 0 Å². The first-order valence-corrected chi connectivity index (χ1v) is 9.70. The molecule has 1 fully saturated rings. The minimum Gasteiger partial charge on any atom is -0.443 e. The van der Waals surface area contributed by atoms with Gasteiger partial charge < -0.3 is 9.30 Å². The number of ketones is 1. The van der Waals surface area contributed by atoms with Crippen LogP contribution in [0.15, 0.2) is 30.7 Å². The van der Waals surface area contributed by atoms with Crippen molar-refractivity contribution in [2.75, 3.05) is 11.4 Å². The van der Waals surface area contributed by atoms with E-state index in [0.717, 1.165) is 28.9 Å². The van der Waals surface area contributed by atoms with E-state index >= 15 is 0 Å². The Bertz CT molecular complexity index is 956. The standard InChI is InChI=1S/C22H27N3O3/c1-14(26)8-15-6-7-19-16(9-15)22(10-17(22)18-11-24(5)13-23-18)12-25(19)20(27)28-21(2,3)4/h6-7,9,11,13,17H,8,10,12H2,1-5H3. The smallest absolute Gasteiger partial charge is 0.414 e. The fraction of sp³-hybridized carbons (Fsp3) is 0.500. The largest absolute Gasteiger partial charge is 0.443 e. The quantitative estimate of drug-likeness (QED) is 0.813. The molecule has 1 aromatic carbocycles. The predicted molar refractivity (Wildman–Crippen MR) is 107 cm³/mol. The lowest BCUT2D eigenvalue weighted by atomic mass is 9.92. The summed E-state index contributed by atoms with van der Waals surface area (Å²) in [5, 5.41) is 0. The van der Waals surface area contributed by atoms with E-state index < -0.39 is 5.60 Å². The van der Waals surface area contributed by atoms with E-state index in [9.17, 15) is 9.59 Å². The molecule has 2 aromatic rings. The molecule has 1 aliphatic carbocycles. The topological polar surface area (TPSA) is 64.4 Å². The number of ether oxygens (including phenoxy) is 1. The number of hydrogen-bond acceptors (Lipinski definition) is 4. The molecule has 1 saturated carbocycles. The maximum Gasteiger partial charge on any atom is 0.414 e. The second-order valence-electron chi connectivity index (χ2n) is 9.17. The lowest BCUT2D eigenvalue weighted by Gasteiger charge is -2.25. The molecule has 2 heterocycles. The van der Waals surface area contributed by atoms with Crippen molar-refractivity contribution >= 4 is 17.6 Å². The zero-order chi connectivity index (χ0) is 20.3. The van der Waals surface area contributed by atoms with Gasteiger partial charge in [0, 0.05) is 37.5 Å². The Morgan fingerprint density at radius 1 is 1.32 bits per heavy atom. The molecule has 1 spiro atoms. The van der Waals surface area contributed by atoms with Crippen LogP contribution >= 0.6 is 0 Å². The summed E-state index contributed by atoms with van der Waals surface area (Å²) in [4.78, 5) is 30.8. The van der Waals surface area contributed by atoms with E-state index in [1.807, 2.05) is 50.8 Å². The number of aromatic nitrogens is 2. The van der Waals surface area contributed by atoms with Crippen LogP contribution in [0.4, 0.5) is 10.5 Å². The Labute approximate surface area is 165 Å². The highest BCUT2D eigenvalue weighted by Crippen LogP contribution is 2.65. The average Bonchev–Trinajstić information content (AvgIpc) is 2.98. The summed E-state index contributed by atoms with van der Waals surface area (Å²) in [6, 6.07) is 6.00. The van der Waals surface area contributed by atoms with Crippen molar-refractivity contribution in [2.24, 2.45) is 7.05 Å². The molecule has 6 nitrogen and oxygen atoms in total. The van der Waals surface area contributed by atoms with Gasteiger partial charge in [-0.2, -0.15) is 0 Å². The van der Waals surface area contributed by atoms with E-state index in [4.69, 9.17) is 4.74 Å². The van der Waals surface area contributed by atoms with Crippen LogP contribution in [0.1, 0.15) is 56.9 Å². The summed E-state index contributed by atoms with van der Waals surface area (Å²) in [5.41, 5.74) is 3.37. The second-order valence-corrected chi connectivity index (χ2v) is 9.17. The average molecular weight is 381 g/mol. The molecule has 1 amide bonds. The Morgan fingerprint density at radius 3 is 2.68 bits per heavy atom. The molecule has 1 aliphatic heterocycles. The number of aryl methyl sites for hydroxylation is 1. The van der Waals surface area contributed by atoms with Crippen LogP contribution in [0.2, 0.25) is 0 Å². The first-order chi connectivity index (χ1) is 13.1. The maximum absolute atomic E-state index is 12.9. The van der Waals surface area contributed by atoms with Gasteiger partial charge in [0.25, 0.3) is 0 Å². The van der Waals surface area contributed by atoms with Gasteiger partial charge in [0.15, 0.2) is 0 Å². The first kappa shape index (κ1) is 18.7. The molecule has 6 heteroatoms. The molecule has 2 atom stereocenters. The van der Waals surface area contributed by atoms with Gasteiger partial charge in [-0.15, -0.1) is 0 Å². The van der Waals surface area contributed by atoms with Crippen LogP contribution in [-0.4, -0.2) is 33.6 Å². The van der Waals surface area contributed by atoms with E-state index in [0.29, 0.717) is 13.0 Å². The number of Topliss-reactive ketones (excluding diaryl/α,β-unsaturated/α-hetero) is 1. The fourth-order valence-electron chi connectivity index (χ4n) is 4.33. The molecular weight excluding hydrogens is 354 g/mol. The molecule has 0 radical (unpaired) electrons. The lowest BCUT2D eigenvalue weighted by molar-refractivity contribution is -0.116. The number of benzene rings is 1. The van der Waals surface area contributed by atoms with Gasteiger partial charge in [-0.1, -0.05) is 12.1 Å². The van der Waals surface area contributed by atoms with Crippen LogP contribution in [0.3, 0.4) is 0 Å². The van der Waals surface area contributed by atoms with Crippen molar-refractivity contribution in [1.82, 2.24) is 9.55 Å². The third-order valence-corrected chi connectivity index (χ3v) is 5.55. The zero-order valence-electron chi connectivity index (χ0n) is 17.2. The number of carbonyl (C=O) groups is 2. The zero-order valence-corrected chi connectivity index (χ0v) is 17.2. The molecule has 148 valence electrons. The Morgan fingerprint density at radius 2 is 2.07 bits per heavy atom. The molecule has 0 N–H and O–H groups in total. The van der Waals surface area contributed by atoms with E-state index in [1.165, 1.54) is 0 Å². The predicted octanol–water partition coefficient (Wildman–Crippen LogP) is 3.73. The van der Waals surface area contributed by atoms with Crippen LogP contribution in [-0.2, 0) is 28.4 Å². The number of imidazole rings is 1. The number of fused-ring (bicyclic) bond motifs is 2. The number of nitrogens with zero attached hydrogens (tertiary/aromatic N) is 3. The normalized spacial score (nSPS) is 23.0. The highest BCUT2D eigenvalue weighted by Gasteiger charge is 2.63. The van der Waals surface area contributed by atoms with Gasteiger partial charge in [-0.05, 0) is 51.3 Å². The van der Waals surface area contributed by atoms with Crippen molar-refractivity contribution in [3.05, 3.63) is 47.5 Å². The highest BCUT2D eigenvalue weighted by atomic mass is 16.6. The third-order valence-electron chi connectivity index (χ3n) is 5.55. The molecule has 4 rings (SSSR count). The van der Waals surface area contributed by atoms with E-state index in [2.05, 4.69) is 17.2 Å². The molecule has 1 aromatic heterocycles. The Kier molecular flexibility index (Phi) is 4.14. The van der Waals surface area contributed by atoms with Crippen molar-refractivity contribution in [2.45, 2.75) is 57.5 Å². The van der Waals surface area contributed by atoms with Crippen LogP contribution in [0, 0.1) is 0 Å². The van der Waals surface area contributed by atoms with Crippen molar-refractivity contribution in [3.63, 3.8) is 0 Å². The van der Waals surface area contributed by atoms with E-state index in [-0.39, 0.29) is 23.2 Å². The summed E-state index contributed by atoms with van der Waals surface area (Å²) < 4.78 is 7.61. The molecular formula is C22H27N3O3. The van der Waals surface area contributed by atoms with Crippen molar-refractivity contribution in [1.29, 1.82) is 0 Å². The summed E-state index contributed by atoms with van der Waals surface area (Å²) >= 11 is 0. The molecule has 2 aliphatic rings. The number of carbonyl (C=O) groups excluding carboxylic acids is 2. The van der Waals surface area contributed by atoms with Gasteiger partial charge in [0.05, 0.1) is 17.7 Å². The van der Waals surface area contributed by atoms with Crippen LogP contribution in [0.25, 0.3) is 0 Å². The second kappa shape index (κ2) is 6.19. The number of rotatable bonds is 3. The monoisotopic (exact) mass is 381 g/mol. The Hall–Kier alpha value is -2.63. The molecule has 0 bridgehead atoms. The molecule has 2 unspecified atom stereocenters. The minimum absolute atomic E-state index is 0.132. The van der Waals surface area contributed by atoms with Crippen LogP contribution < -0.4 is 4.90 Å². The summed E-state index contributed by atoms with van der Waals surface area (Å²) in [7, 11) is 1.96. The maximum atomic E-state index is 12.9. The lowest BCUT2D eigenvalue weighted by Crippen LogP contribution is -2.37. The first-order valence-electron chi connectivity index (χ1n) is 9.70. The van der Waals surface area contributed by atoms with Gasteiger partial charge in [0.1, 0.15) is 11.4 Å². The number of hydrogen-bond donors (Lipinski definition) is 0. The fourth-order valence-corrected chi connectivity index (χ4v) is 4.33. The van der Waals surface area contributed by atoms with Crippen molar-refractivity contribution in [3.8, 4) is 0 Å². The molecule has 28 heavy (non-hydrogen) atoms. The van der Waals surface area contributed by atoms with Crippen molar-refractivity contribution < 1.29 is 14.3 Å². The Balaban J connectivity index is 1.72.